The number of amides is 1. The van der Waals surface area contributed by atoms with Crippen LogP contribution in [-0.4, -0.2) is 56.0 Å². The van der Waals surface area contributed by atoms with Crippen LogP contribution in [0.15, 0.2) is 11.6 Å². The number of nitrogens with zero attached hydrogens (tertiary/aromatic N) is 2. The maximum absolute atomic E-state index is 12.4. The molecule has 0 radical (unpaired) electrons. The van der Waals surface area contributed by atoms with Crippen LogP contribution in [0.5, 0.6) is 0 Å². The summed E-state index contributed by atoms with van der Waals surface area (Å²) in [6, 6.07) is 0. The van der Waals surface area contributed by atoms with Crippen LogP contribution < -0.4 is 0 Å². The number of carbonyl (C=O) groups is 1. The molecule has 1 amide bonds. The second-order valence-electron chi connectivity index (χ2n) is 7.02. The Hall–Kier alpha value is -0.880. The fraction of sp³-hybridized carbons (Fsp3) is 0.824. The normalized spacial score (nSPS) is 20.7. The first-order chi connectivity index (χ1) is 10.9. The van der Waals surface area contributed by atoms with Crippen LogP contribution in [0.1, 0.15) is 51.9 Å². The number of allylic oxidation sites excluding steroid dienone is 1. The van der Waals surface area contributed by atoms with Crippen LogP contribution in [-0.2, 0) is 14.8 Å². The molecule has 0 saturated carbocycles. The lowest BCUT2D eigenvalue weighted by Gasteiger charge is -2.32. The number of rotatable bonds is 6. The number of piperidine rings is 1. The predicted molar refractivity (Wildman–Crippen MR) is 92.6 cm³/mol. The highest BCUT2D eigenvalue weighted by molar-refractivity contribution is 7.88. The Labute approximate surface area is 140 Å². The van der Waals surface area contributed by atoms with E-state index in [-0.39, 0.29) is 12.5 Å². The SMILES string of the molecule is CC1CCN(C(=O)CN(CCC2=CCCCC2)S(C)(=O)=O)CC1. The molecule has 132 valence electrons. The van der Waals surface area contributed by atoms with Gasteiger partial charge in [-0.05, 0) is 50.9 Å². The molecule has 0 aromatic rings. The Bertz CT molecular complexity index is 534. The molecule has 1 aliphatic heterocycles. The fourth-order valence-corrected chi connectivity index (χ4v) is 4.04. The fourth-order valence-electron chi connectivity index (χ4n) is 3.27. The largest absolute Gasteiger partial charge is 0.342 e. The highest BCUT2D eigenvalue weighted by Gasteiger charge is 2.25. The van der Waals surface area contributed by atoms with Crippen molar-refractivity contribution in [3.05, 3.63) is 11.6 Å². The van der Waals surface area contributed by atoms with E-state index < -0.39 is 10.0 Å². The first-order valence-corrected chi connectivity index (χ1v) is 10.6. The third kappa shape index (κ3) is 5.92. The number of hydrogen-bond donors (Lipinski definition) is 0. The lowest BCUT2D eigenvalue weighted by Crippen LogP contribution is -2.45. The van der Waals surface area contributed by atoms with Gasteiger partial charge in [0, 0.05) is 19.6 Å². The highest BCUT2D eigenvalue weighted by atomic mass is 32.2. The second kappa shape index (κ2) is 8.29. The van der Waals surface area contributed by atoms with E-state index in [9.17, 15) is 13.2 Å². The summed E-state index contributed by atoms with van der Waals surface area (Å²) in [4.78, 5) is 14.2. The Balaban J connectivity index is 1.90. The number of likely N-dealkylation sites (tertiary alicyclic amines) is 1. The van der Waals surface area contributed by atoms with Crippen LogP contribution in [0.2, 0.25) is 0 Å². The lowest BCUT2D eigenvalue weighted by atomic mass is 9.97. The van der Waals surface area contributed by atoms with E-state index in [2.05, 4.69) is 13.0 Å². The van der Waals surface area contributed by atoms with E-state index in [1.165, 1.54) is 29.0 Å². The molecule has 1 fully saturated rings. The van der Waals surface area contributed by atoms with Crippen LogP contribution >= 0.6 is 0 Å². The first-order valence-electron chi connectivity index (χ1n) is 8.77. The van der Waals surface area contributed by atoms with E-state index >= 15 is 0 Å². The zero-order valence-corrected chi connectivity index (χ0v) is 15.3. The maximum atomic E-state index is 12.4. The summed E-state index contributed by atoms with van der Waals surface area (Å²) in [5, 5.41) is 0. The van der Waals surface area contributed by atoms with Gasteiger partial charge in [-0.15, -0.1) is 0 Å². The molecule has 0 aromatic carbocycles. The van der Waals surface area contributed by atoms with Gasteiger partial charge in [0.1, 0.15) is 0 Å². The molecule has 0 atom stereocenters. The van der Waals surface area contributed by atoms with Gasteiger partial charge in [-0.25, -0.2) is 8.42 Å². The summed E-state index contributed by atoms with van der Waals surface area (Å²) in [6.45, 7) is 4.11. The standard InChI is InChI=1S/C17H30N2O3S/c1-15-8-11-18(12-9-15)17(20)14-19(23(2,21)22)13-10-16-6-4-3-5-7-16/h6,15H,3-5,7-14H2,1-2H3. The molecule has 23 heavy (non-hydrogen) atoms. The zero-order chi connectivity index (χ0) is 16.9. The van der Waals surface area contributed by atoms with Crippen molar-refractivity contribution in [3.63, 3.8) is 0 Å². The molecule has 2 aliphatic rings. The lowest BCUT2D eigenvalue weighted by molar-refractivity contribution is -0.132. The van der Waals surface area contributed by atoms with Gasteiger partial charge < -0.3 is 4.90 Å². The van der Waals surface area contributed by atoms with Crippen molar-refractivity contribution in [3.8, 4) is 0 Å². The topological polar surface area (TPSA) is 57.7 Å². The van der Waals surface area contributed by atoms with E-state index in [0.29, 0.717) is 12.5 Å². The van der Waals surface area contributed by atoms with Gasteiger partial charge in [0.05, 0.1) is 12.8 Å². The smallest absolute Gasteiger partial charge is 0.237 e. The summed E-state index contributed by atoms with van der Waals surface area (Å²) >= 11 is 0. The average Bonchev–Trinajstić information content (AvgIpc) is 2.51. The monoisotopic (exact) mass is 342 g/mol. The van der Waals surface area contributed by atoms with E-state index in [1.54, 1.807) is 0 Å². The molecule has 1 heterocycles. The van der Waals surface area contributed by atoms with Crippen molar-refractivity contribution in [2.75, 3.05) is 32.4 Å². The molecule has 1 saturated heterocycles. The van der Waals surface area contributed by atoms with Gasteiger partial charge in [0.25, 0.3) is 0 Å². The van der Waals surface area contributed by atoms with Gasteiger partial charge in [-0.3, -0.25) is 4.79 Å². The van der Waals surface area contributed by atoms with Crippen molar-refractivity contribution in [2.24, 2.45) is 5.92 Å². The van der Waals surface area contributed by atoms with E-state index in [1.807, 2.05) is 4.90 Å². The Morgan fingerprint density at radius 1 is 1.30 bits per heavy atom. The van der Waals surface area contributed by atoms with Crippen molar-refractivity contribution >= 4 is 15.9 Å². The van der Waals surface area contributed by atoms with E-state index in [0.717, 1.165) is 45.2 Å². The molecule has 6 heteroatoms. The van der Waals surface area contributed by atoms with Gasteiger partial charge >= 0.3 is 0 Å². The summed E-state index contributed by atoms with van der Waals surface area (Å²) < 4.78 is 25.4. The Kier molecular flexibility index (Phi) is 6.65. The van der Waals surface area contributed by atoms with Crippen molar-refractivity contribution in [1.82, 2.24) is 9.21 Å². The number of sulfonamides is 1. The van der Waals surface area contributed by atoms with Gasteiger partial charge in [-0.1, -0.05) is 18.6 Å². The first kappa shape index (κ1) is 18.5. The van der Waals surface area contributed by atoms with Gasteiger partial charge in [-0.2, -0.15) is 4.31 Å². The molecule has 1 aliphatic carbocycles. The molecule has 0 aromatic heterocycles. The van der Waals surface area contributed by atoms with Crippen LogP contribution in [0.4, 0.5) is 0 Å². The summed E-state index contributed by atoms with van der Waals surface area (Å²) in [5.74, 6) is 0.600. The van der Waals surface area contributed by atoms with Gasteiger partial charge in [0.2, 0.25) is 15.9 Å². The van der Waals surface area contributed by atoms with Crippen LogP contribution in [0.3, 0.4) is 0 Å². The van der Waals surface area contributed by atoms with E-state index in [4.69, 9.17) is 0 Å². The molecule has 2 rings (SSSR count). The highest BCUT2D eigenvalue weighted by Crippen LogP contribution is 2.21. The Morgan fingerprint density at radius 3 is 2.57 bits per heavy atom. The Morgan fingerprint density at radius 2 is 2.00 bits per heavy atom. The third-order valence-electron chi connectivity index (χ3n) is 4.98. The van der Waals surface area contributed by atoms with Gasteiger partial charge in [0.15, 0.2) is 0 Å². The summed E-state index contributed by atoms with van der Waals surface area (Å²) in [5.41, 5.74) is 1.34. The van der Waals surface area contributed by atoms with Crippen molar-refractivity contribution in [2.45, 2.75) is 51.9 Å². The minimum absolute atomic E-state index is 0.0134. The number of carbonyl (C=O) groups excluding carboxylic acids is 1. The third-order valence-corrected chi connectivity index (χ3v) is 6.23. The molecule has 5 nitrogen and oxygen atoms in total. The quantitative estimate of drug-likeness (QED) is 0.697. The summed E-state index contributed by atoms with van der Waals surface area (Å²) in [7, 11) is -3.35. The molecule has 0 spiro atoms. The second-order valence-corrected chi connectivity index (χ2v) is 9.00. The molecule has 0 bridgehead atoms. The minimum atomic E-state index is -3.35. The van der Waals surface area contributed by atoms with Crippen molar-refractivity contribution < 1.29 is 13.2 Å². The maximum Gasteiger partial charge on any atom is 0.237 e. The zero-order valence-electron chi connectivity index (χ0n) is 14.5. The minimum Gasteiger partial charge on any atom is -0.342 e. The molecular formula is C17H30N2O3S. The average molecular weight is 343 g/mol. The van der Waals surface area contributed by atoms with Crippen LogP contribution in [0.25, 0.3) is 0 Å². The van der Waals surface area contributed by atoms with Crippen molar-refractivity contribution in [1.29, 1.82) is 0 Å². The molecule has 0 N–H and O–H groups in total. The summed E-state index contributed by atoms with van der Waals surface area (Å²) in [6.07, 6.45) is 10.8. The van der Waals surface area contributed by atoms with Crippen LogP contribution in [0, 0.1) is 5.92 Å². The predicted octanol–water partition coefficient (Wildman–Crippen LogP) is 2.40. The molecule has 0 unspecified atom stereocenters. The number of hydrogen-bond acceptors (Lipinski definition) is 3. The molecular weight excluding hydrogens is 312 g/mol.